The van der Waals surface area contributed by atoms with Crippen LogP contribution in [0.25, 0.3) is 0 Å². The Bertz CT molecular complexity index is 789. The van der Waals surface area contributed by atoms with E-state index in [0.717, 1.165) is 23.6 Å². The second kappa shape index (κ2) is 5.58. The summed E-state index contributed by atoms with van der Waals surface area (Å²) in [5.41, 5.74) is 0.481. The van der Waals surface area contributed by atoms with Gasteiger partial charge in [0.25, 0.3) is 0 Å². The van der Waals surface area contributed by atoms with Crippen molar-refractivity contribution in [2.24, 2.45) is 5.41 Å². The molecule has 2 atom stereocenters. The molecule has 3 nitrogen and oxygen atoms in total. The van der Waals surface area contributed by atoms with Crippen molar-refractivity contribution in [1.29, 1.82) is 0 Å². The highest BCUT2D eigenvalue weighted by atomic mass is 19.4. The van der Waals surface area contributed by atoms with Crippen LogP contribution in [0.3, 0.4) is 0 Å². The summed E-state index contributed by atoms with van der Waals surface area (Å²) in [5.74, 6) is 0.0943. The Morgan fingerprint density at radius 3 is 2.56 bits per heavy atom. The molecule has 1 aromatic heterocycles. The van der Waals surface area contributed by atoms with Gasteiger partial charge < -0.3 is 4.90 Å². The third-order valence-corrected chi connectivity index (χ3v) is 5.31. The van der Waals surface area contributed by atoms with Gasteiger partial charge in [0.2, 0.25) is 5.91 Å². The van der Waals surface area contributed by atoms with Crippen LogP contribution in [0.5, 0.6) is 0 Å². The zero-order valence-corrected chi connectivity index (χ0v) is 13.5. The summed E-state index contributed by atoms with van der Waals surface area (Å²) >= 11 is 0. The van der Waals surface area contributed by atoms with Gasteiger partial charge in [-0.25, -0.2) is 0 Å². The first-order valence-electron chi connectivity index (χ1n) is 8.27. The summed E-state index contributed by atoms with van der Waals surface area (Å²) in [6, 6.07) is 12.3. The van der Waals surface area contributed by atoms with Crippen LogP contribution >= 0.6 is 0 Å². The van der Waals surface area contributed by atoms with E-state index in [2.05, 4.69) is 4.98 Å². The summed E-state index contributed by atoms with van der Waals surface area (Å²) in [4.78, 5) is 18.2. The van der Waals surface area contributed by atoms with Crippen LogP contribution in [0.1, 0.15) is 35.6 Å². The maximum absolute atomic E-state index is 12.8. The van der Waals surface area contributed by atoms with Gasteiger partial charge in [0.05, 0.1) is 5.41 Å². The van der Waals surface area contributed by atoms with Gasteiger partial charge >= 0.3 is 6.18 Å². The van der Waals surface area contributed by atoms with Crippen LogP contribution in [0.4, 0.5) is 13.2 Å². The monoisotopic (exact) mass is 346 g/mol. The smallest absolute Gasteiger partial charge is 0.338 e. The number of aromatic nitrogens is 1. The fraction of sp³-hybridized carbons (Fsp3) is 0.368. The van der Waals surface area contributed by atoms with E-state index in [0.29, 0.717) is 19.5 Å². The largest absolute Gasteiger partial charge is 0.433 e. The van der Waals surface area contributed by atoms with Crippen molar-refractivity contribution in [3.8, 4) is 0 Å². The van der Waals surface area contributed by atoms with Crippen LogP contribution in [0, 0.1) is 5.41 Å². The second-order valence-corrected chi connectivity index (χ2v) is 6.85. The standard InChI is InChI=1S/C19H17F3N2O/c20-19(21,22)16-7-6-14(11-23-16)15-10-18(15)8-9-24(17(18)25)12-13-4-2-1-3-5-13/h1-7,11,15H,8-10,12H2/t15-,18-/m1/s1. The minimum absolute atomic E-state index is 0.0180. The number of carbonyl (C=O) groups is 1. The van der Waals surface area contributed by atoms with Crippen molar-refractivity contribution in [3.05, 3.63) is 65.5 Å². The molecule has 6 heteroatoms. The summed E-state index contributed by atoms with van der Waals surface area (Å²) in [5, 5.41) is 0. The summed E-state index contributed by atoms with van der Waals surface area (Å²) in [7, 11) is 0. The first-order chi connectivity index (χ1) is 11.9. The third kappa shape index (κ3) is 2.79. The van der Waals surface area contributed by atoms with Crippen molar-refractivity contribution in [3.63, 3.8) is 0 Å². The number of benzene rings is 1. The first-order valence-corrected chi connectivity index (χ1v) is 8.27. The predicted octanol–water partition coefficient (Wildman–Crippen LogP) is 4.01. The minimum atomic E-state index is -4.44. The van der Waals surface area contributed by atoms with Crippen molar-refractivity contribution < 1.29 is 18.0 Å². The Labute approximate surface area is 143 Å². The molecule has 1 saturated carbocycles. The predicted molar refractivity (Wildman–Crippen MR) is 85.5 cm³/mol. The van der Waals surface area contributed by atoms with E-state index in [1.165, 1.54) is 12.3 Å². The molecule has 4 rings (SSSR count). The van der Waals surface area contributed by atoms with Crippen LogP contribution in [-0.2, 0) is 17.5 Å². The zero-order valence-electron chi connectivity index (χ0n) is 13.5. The molecule has 1 aliphatic heterocycles. The van der Waals surface area contributed by atoms with Crippen LogP contribution in [-0.4, -0.2) is 22.3 Å². The number of pyridine rings is 1. The molecular formula is C19H17F3N2O. The molecule has 1 amide bonds. The number of halogens is 3. The lowest BCUT2D eigenvalue weighted by atomic mass is 9.98. The molecular weight excluding hydrogens is 329 g/mol. The van der Waals surface area contributed by atoms with Gasteiger partial charge in [-0.2, -0.15) is 13.2 Å². The van der Waals surface area contributed by atoms with E-state index < -0.39 is 17.3 Å². The van der Waals surface area contributed by atoms with Crippen molar-refractivity contribution in [2.45, 2.75) is 31.5 Å². The van der Waals surface area contributed by atoms with Crippen LogP contribution in [0.15, 0.2) is 48.7 Å². The van der Waals surface area contributed by atoms with E-state index >= 15 is 0 Å². The van der Waals surface area contributed by atoms with Crippen LogP contribution < -0.4 is 0 Å². The lowest BCUT2D eigenvalue weighted by Gasteiger charge is -2.17. The Hall–Kier alpha value is -2.37. The number of nitrogens with zero attached hydrogens (tertiary/aromatic N) is 2. The summed E-state index contributed by atoms with van der Waals surface area (Å²) in [6.45, 7) is 1.28. The van der Waals surface area contributed by atoms with Crippen molar-refractivity contribution in [1.82, 2.24) is 9.88 Å². The minimum Gasteiger partial charge on any atom is -0.338 e. The number of hydrogen-bond acceptors (Lipinski definition) is 2. The van der Waals surface area contributed by atoms with E-state index in [1.54, 1.807) is 0 Å². The third-order valence-electron chi connectivity index (χ3n) is 5.31. The Morgan fingerprint density at radius 2 is 1.92 bits per heavy atom. The first kappa shape index (κ1) is 16.1. The van der Waals surface area contributed by atoms with E-state index in [9.17, 15) is 18.0 Å². The van der Waals surface area contributed by atoms with Gasteiger partial charge in [0, 0.05) is 25.2 Å². The normalized spacial score (nSPS) is 25.6. The number of hydrogen-bond donors (Lipinski definition) is 0. The molecule has 2 aromatic rings. The van der Waals surface area contributed by atoms with Gasteiger partial charge in [0.15, 0.2) is 0 Å². The summed E-state index contributed by atoms with van der Waals surface area (Å²) in [6.07, 6.45) is -1.71. The van der Waals surface area contributed by atoms with Gasteiger partial charge in [-0.3, -0.25) is 9.78 Å². The highest BCUT2D eigenvalue weighted by Crippen LogP contribution is 2.64. The highest BCUT2D eigenvalue weighted by molar-refractivity contribution is 5.89. The molecule has 2 fully saturated rings. The molecule has 1 spiro atoms. The molecule has 0 radical (unpaired) electrons. The van der Waals surface area contributed by atoms with Gasteiger partial charge in [-0.05, 0) is 30.0 Å². The quantitative estimate of drug-likeness (QED) is 0.841. The molecule has 130 valence electrons. The number of rotatable bonds is 3. The SMILES string of the molecule is O=C1N(Cc2ccccc2)CC[C@]12C[C@@H]2c1ccc(C(F)(F)F)nc1. The van der Waals surface area contributed by atoms with Crippen molar-refractivity contribution in [2.75, 3.05) is 6.54 Å². The molecule has 1 saturated heterocycles. The maximum Gasteiger partial charge on any atom is 0.433 e. The van der Waals surface area contributed by atoms with Gasteiger partial charge in [0.1, 0.15) is 5.69 Å². The maximum atomic E-state index is 12.8. The number of amides is 1. The molecule has 0 unspecified atom stereocenters. The molecule has 0 bridgehead atoms. The van der Waals surface area contributed by atoms with E-state index in [-0.39, 0.29) is 11.8 Å². The van der Waals surface area contributed by atoms with Crippen LogP contribution in [0.2, 0.25) is 0 Å². The van der Waals surface area contributed by atoms with Crippen molar-refractivity contribution >= 4 is 5.91 Å². The lowest BCUT2D eigenvalue weighted by molar-refractivity contribution is -0.141. The molecule has 25 heavy (non-hydrogen) atoms. The number of alkyl halides is 3. The number of carbonyl (C=O) groups excluding carboxylic acids is 1. The lowest BCUT2D eigenvalue weighted by Crippen LogP contribution is -2.28. The molecule has 0 N–H and O–H groups in total. The number of likely N-dealkylation sites (tertiary alicyclic amines) is 1. The Balaban J connectivity index is 1.47. The molecule has 1 aromatic carbocycles. The Kier molecular flexibility index (Phi) is 3.60. The summed E-state index contributed by atoms with van der Waals surface area (Å²) < 4.78 is 37.9. The zero-order chi connectivity index (χ0) is 17.7. The fourth-order valence-electron chi connectivity index (χ4n) is 3.85. The van der Waals surface area contributed by atoms with Gasteiger partial charge in [-0.15, -0.1) is 0 Å². The highest BCUT2D eigenvalue weighted by Gasteiger charge is 2.64. The second-order valence-electron chi connectivity index (χ2n) is 6.85. The fourth-order valence-corrected chi connectivity index (χ4v) is 3.85. The molecule has 1 aliphatic carbocycles. The molecule has 2 heterocycles. The Morgan fingerprint density at radius 1 is 1.16 bits per heavy atom. The average molecular weight is 346 g/mol. The van der Waals surface area contributed by atoms with Gasteiger partial charge in [-0.1, -0.05) is 36.4 Å². The van der Waals surface area contributed by atoms with E-state index in [4.69, 9.17) is 0 Å². The van der Waals surface area contributed by atoms with E-state index in [1.807, 2.05) is 35.2 Å². The molecule has 2 aliphatic rings. The topological polar surface area (TPSA) is 33.2 Å². The average Bonchev–Trinajstić information content (AvgIpc) is 3.26.